The van der Waals surface area contributed by atoms with Gasteiger partial charge in [0.2, 0.25) is 5.91 Å². The number of para-hydroxylation sites is 1. The molecule has 0 saturated carbocycles. The summed E-state index contributed by atoms with van der Waals surface area (Å²) in [5.41, 5.74) is 9.88. The second-order valence-electron chi connectivity index (χ2n) is 7.00. The van der Waals surface area contributed by atoms with Crippen molar-refractivity contribution in [3.8, 4) is 0 Å². The molecule has 3 aromatic rings. The van der Waals surface area contributed by atoms with Crippen LogP contribution in [0.15, 0.2) is 29.4 Å². The van der Waals surface area contributed by atoms with E-state index in [-0.39, 0.29) is 5.91 Å². The molecule has 5 rings (SSSR count). The lowest BCUT2D eigenvalue weighted by molar-refractivity contribution is -0.116. The highest BCUT2D eigenvalue weighted by atomic mass is 32.2. The molecule has 1 aliphatic carbocycles. The third kappa shape index (κ3) is 2.99. The molecule has 7 heteroatoms. The predicted molar refractivity (Wildman–Crippen MR) is 112 cm³/mol. The molecule has 0 unspecified atom stereocenters. The van der Waals surface area contributed by atoms with Crippen LogP contribution >= 0.6 is 23.1 Å². The van der Waals surface area contributed by atoms with Crippen LogP contribution in [0, 0.1) is 0 Å². The first-order valence-corrected chi connectivity index (χ1v) is 11.1. The van der Waals surface area contributed by atoms with Crippen LogP contribution in [-0.4, -0.2) is 28.2 Å². The maximum atomic E-state index is 12.7. The number of amides is 1. The lowest BCUT2D eigenvalue weighted by atomic mass is 9.97. The van der Waals surface area contributed by atoms with E-state index in [4.69, 9.17) is 10.7 Å². The molecule has 2 aromatic heterocycles. The Morgan fingerprint density at radius 2 is 2.04 bits per heavy atom. The van der Waals surface area contributed by atoms with E-state index in [2.05, 4.69) is 11.1 Å². The van der Waals surface area contributed by atoms with Gasteiger partial charge in [-0.15, -0.1) is 11.3 Å². The Balaban J connectivity index is 1.36. The molecule has 0 fully saturated rings. The summed E-state index contributed by atoms with van der Waals surface area (Å²) in [6.45, 7) is 0.748. The highest BCUT2D eigenvalue weighted by Gasteiger charge is 2.25. The summed E-state index contributed by atoms with van der Waals surface area (Å²) in [4.78, 5) is 26.1. The van der Waals surface area contributed by atoms with Gasteiger partial charge in [0.05, 0.1) is 11.1 Å². The fourth-order valence-electron chi connectivity index (χ4n) is 4.03. The standard InChI is InChI=1S/C20H20N4OS2/c21-18-17-13-6-2-4-8-15(13)27-19(17)23-20(22-18)26-11-16(25)24-10-9-12-5-1-3-7-14(12)24/h1,3,5,7H,2,4,6,8-11H2,(H2,21,22,23). The Labute approximate surface area is 166 Å². The number of thioether (sulfide) groups is 1. The van der Waals surface area contributed by atoms with Crippen molar-refractivity contribution in [2.24, 2.45) is 0 Å². The molecular weight excluding hydrogens is 376 g/mol. The Kier molecular flexibility index (Phi) is 4.28. The van der Waals surface area contributed by atoms with Gasteiger partial charge in [0.15, 0.2) is 5.16 Å². The van der Waals surface area contributed by atoms with Crippen molar-refractivity contribution in [1.29, 1.82) is 0 Å². The van der Waals surface area contributed by atoms with E-state index in [0.717, 1.165) is 41.7 Å². The summed E-state index contributed by atoms with van der Waals surface area (Å²) in [5.74, 6) is 0.975. The fraction of sp³-hybridized carbons (Fsp3) is 0.350. The highest BCUT2D eigenvalue weighted by molar-refractivity contribution is 7.99. The van der Waals surface area contributed by atoms with Crippen molar-refractivity contribution in [2.75, 3.05) is 22.9 Å². The smallest absolute Gasteiger partial charge is 0.237 e. The van der Waals surface area contributed by atoms with E-state index in [1.807, 2.05) is 23.1 Å². The Morgan fingerprint density at radius 1 is 1.19 bits per heavy atom. The van der Waals surface area contributed by atoms with E-state index >= 15 is 0 Å². The van der Waals surface area contributed by atoms with Crippen LogP contribution in [0.2, 0.25) is 0 Å². The van der Waals surface area contributed by atoms with Gasteiger partial charge in [-0.2, -0.15) is 0 Å². The predicted octanol–water partition coefficient (Wildman–Crippen LogP) is 3.83. The maximum absolute atomic E-state index is 12.7. The number of benzene rings is 1. The first kappa shape index (κ1) is 17.0. The van der Waals surface area contributed by atoms with Gasteiger partial charge in [0.25, 0.3) is 0 Å². The average Bonchev–Trinajstić information content (AvgIpc) is 3.27. The first-order valence-electron chi connectivity index (χ1n) is 9.29. The molecule has 0 bridgehead atoms. The topological polar surface area (TPSA) is 72.1 Å². The van der Waals surface area contributed by atoms with Crippen molar-refractivity contribution in [2.45, 2.75) is 37.3 Å². The zero-order chi connectivity index (χ0) is 18.4. The molecule has 0 saturated heterocycles. The van der Waals surface area contributed by atoms with Gasteiger partial charge in [-0.05, 0) is 49.3 Å². The Bertz CT molecular complexity index is 1050. The largest absolute Gasteiger partial charge is 0.383 e. The molecule has 5 nitrogen and oxygen atoms in total. The van der Waals surface area contributed by atoms with E-state index in [1.165, 1.54) is 40.6 Å². The van der Waals surface area contributed by atoms with Gasteiger partial charge in [0.1, 0.15) is 10.6 Å². The molecule has 1 amide bonds. The second kappa shape index (κ2) is 6.80. The summed E-state index contributed by atoms with van der Waals surface area (Å²) in [6.07, 6.45) is 5.55. The van der Waals surface area contributed by atoms with Crippen molar-refractivity contribution in [3.05, 3.63) is 40.3 Å². The highest BCUT2D eigenvalue weighted by Crippen LogP contribution is 2.38. The van der Waals surface area contributed by atoms with Gasteiger partial charge in [-0.3, -0.25) is 4.79 Å². The minimum atomic E-state index is 0.0951. The van der Waals surface area contributed by atoms with Gasteiger partial charge in [-0.1, -0.05) is 30.0 Å². The van der Waals surface area contributed by atoms with Crippen molar-refractivity contribution < 1.29 is 4.79 Å². The third-order valence-electron chi connectivity index (χ3n) is 5.34. The number of carbonyl (C=O) groups is 1. The molecule has 27 heavy (non-hydrogen) atoms. The van der Waals surface area contributed by atoms with Crippen LogP contribution in [-0.2, 0) is 24.1 Å². The van der Waals surface area contributed by atoms with Gasteiger partial charge >= 0.3 is 0 Å². The van der Waals surface area contributed by atoms with Crippen LogP contribution in [0.5, 0.6) is 0 Å². The number of hydrogen-bond donors (Lipinski definition) is 1. The van der Waals surface area contributed by atoms with E-state index < -0.39 is 0 Å². The molecular formula is C20H20N4OS2. The van der Waals surface area contributed by atoms with Crippen molar-refractivity contribution >= 4 is 50.7 Å². The quantitative estimate of drug-likeness (QED) is 0.538. The van der Waals surface area contributed by atoms with Crippen LogP contribution in [0.25, 0.3) is 10.2 Å². The lowest BCUT2D eigenvalue weighted by Gasteiger charge is -2.16. The number of nitrogens with two attached hydrogens (primary N) is 1. The zero-order valence-corrected chi connectivity index (χ0v) is 16.5. The monoisotopic (exact) mass is 396 g/mol. The molecule has 0 atom stereocenters. The SMILES string of the molecule is Nc1nc(SCC(=O)N2CCc3ccccc32)nc2sc3c(c12)CCCC3. The average molecular weight is 397 g/mol. The molecule has 3 heterocycles. The zero-order valence-electron chi connectivity index (χ0n) is 14.9. The van der Waals surface area contributed by atoms with E-state index in [0.29, 0.717) is 16.7 Å². The van der Waals surface area contributed by atoms with Crippen LogP contribution in [0.3, 0.4) is 0 Å². The molecule has 1 aliphatic heterocycles. The maximum Gasteiger partial charge on any atom is 0.237 e. The summed E-state index contributed by atoms with van der Waals surface area (Å²) >= 11 is 3.12. The summed E-state index contributed by atoms with van der Waals surface area (Å²) < 4.78 is 0. The summed E-state index contributed by atoms with van der Waals surface area (Å²) in [5, 5.41) is 1.64. The molecule has 0 radical (unpaired) electrons. The number of fused-ring (bicyclic) bond motifs is 4. The van der Waals surface area contributed by atoms with Gasteiger partial charge in [-0.25, -0.2) is 9.97 Å². The number of rotatable bonds is 3. The van der Waals surface area contributed by atoms with Crippen LogP contribution in [0.1, 0.15) is 28.8 Å². The number of aryl methyl sites for hydroxylation is 2. The van der Waals surface area contributed by atoms with Crippen LogP contribution in [0.4, 0.5) is 11.5 Å². The summed E-state index contributed by atoms with van der Waals surface area (Å²) in [6, 6.07) is 8.11. The second-order valence-corrected chi connectivity index (χ2v) is 9.02. The normalized spacial score (nSPS) is 15.8. The number of nitrogen functional groups attached to an aromatic ring is 1. The van der Waals surface area contributed by atoms with Crippen LogP contribution < -0.4 is 10.6 Å². The number of hydrogen-bond acceptors (Lipinski definition) is 6. The number of thiophene rings is 1. The minimum Gasteiger partial charge on any atom is -0.383 e. The molecule has 1 aromatic carbocycles. The lowest BCUT2D eigenvalue weighted by Crippen LogP contribution is -2.30. The number of nitrogens with zero attached hydrogens (tertiary/aromatic N) is 3. The number of carbonyl (C=O) groups excluding carboxylic acids is 1. The molecule has 138 valence electrons. The van der Waals surface area contributed by atoms with Gasteiger partial charge in [0, 0.05) is 17.1 Å². The Hall–Kier alpha value is -2.12. The molecule has 2 N–H and O–H groups in total. The number of anilines is 2. The van der Waals surface area contributed by atoms with E-state index in [9.17, 15) is 4.79 Å². The molecule has 2 aliphatic rings. The molecule has 0 spiro atoms. The Morgan fingerprint density at radius 3 is 2.96 bits per heavy atom. The van der Waals surface area contributed by atoms with Crippen molar-refractivity contribution in [1.82, 2.24) is 9.97 Å². The van der Waals surface area contributed by atoms with Crippen molar-refractivity contribution in [3.63, 3.8) is 0 Å². The fourth-order valence-corrected chi connectivity index (χ4v) is 6.09. The number of aromatic nitrogens is 2. The third-order valence-corrected chi connectivity index (χ3v) is 7.35. The van der Waals surface area contributed by atoms with E-state index in [1.54, 1.807) is 11.3 Å². The minimum absolute atomic E-state index is 0.0951. The summed E-state index contributed by atoms with van der Waals surface area (Å²) in [7, 11) is 0. The van der Waals surface area contributed by atoms with Gasteiger partial charge < -0.3 is 10.6 Å². The first-order chi connectivity index (χ1) is 13.2.